The van der Waals surface area contributed by atoms with Crippen molar-refractivity contribution in [2.45, 2.75) is 23.0 Å². The van der Waals surface area contributed by atoms with Gasteiger partial charge >= 0.3 is 0 Å². The van der Waals surface area contributed by atoms with Gasteiger partial charge in [0.25, 0.3) is 0 Å². The molecule has 0 spiro atoms. The maximum atomic E-state index is 13.6. The number of thiazole rings is 1. The van der Waals surface area contributed by atoms with Gasteiger partial charge in [0.05, 0.1) is 25.9 Å². The van der Waals surface area contributed by atoms with Crippen LogP contribution in [0.4, 0.5) is 9.52 Å². The molecule has 0 aliphatic carbocycles. The lowest BCUT2D eigenvalue weighted by Gasteiger charge is -2.31. The molecule has 2 aromatic carbocycles. The van der Waals surface area contributed by atoms with E-state index in [1.165, 1.54) is 41.7 Å². The van der Waals surface area contributed by atoms with Gasteiger partial charge in [0.15, 0.2) is 15.0 Å². The van der Waals surface area contributed by atoms with Crippen LogP contribution in [0.1, 0.15) is 12.8 Å². The van der Waals surface area contributed by atoms with Crippen LogP contribution in [-0.2, 0) is 9.84 Å². The molecule has 3 aromatic rings. The van der Waals surface area contributed by atoms with Crippen molar-refractivity contribution in [2.24, 2.45) is 0 Å². The van der Waals surface area contributed by atoms with Crippen molar-refractivity contribution in [2.75, 3.05) is 18.0 Å². The van der Waals surface area contributed by atoms with E-state index in [-0.39, 0.29) is 9.92 Å². The fraction of sp³-hybridized carbons (Fsp3) is 0.250. The van der Waals surface area contributed by atoms with Gasteiger partial charge in [0.1, 0.15) is 5.82 Å². The van der Waals surface area contributed by atoms with Gasteiger partial charge in [-0.2, -0.15) is 0 Å². The lowest BCUT2D eigenvalue weighted by Crippen LogP contribution is -2.39. The first kappa shape index (κ1) is 21.8. The van der Waals surface area contributed by atoms with Crippen LogP contribution in [0.2, 0.25) is 15.1 Å². The third-order valence-corrected chi connectivity index (χ3v) is 9.14. The Morgan fingerprint density at radius 3 is 2.43 bits per heavy atom. The second-order valence-electron chi connectivity index (χ2n) is 6.98. The van der Waals surface area contributed by atoms with E-state index in [9.17, 15) is 12.8 Å². The highest BCUT2D eigenvalue weighted by Gasteiger charge is 2.32. The molecule has 1 saturated heterocycles. The normalized spacial score (nSPS) is 15.5. The molecule has 30 heavy (non-hydrogen) atoms. The van der Waals surface area contributed by atoms with Crippen LogP contribution in [0.3, 0.4) is 0 Å². The Labute approximate surface area is 193 Å². The molecule has 1 aliphatic rings. The highest BCUT2D eigenvalue weighted by molar-refractivity contribution is 7.92. The lowest BCUT2D eigenvalue weighted by molar-refractivity contribution is 0.529. The monoisotopic (exact) mass is 504 g/mol. The van der Waals surface area contributed by atoms with Crippen molar-refractivity contribution in [1.29, 1.82) is 0 Å². The molecule has 0 amide bonds. The summed E-state index contributed by atoms with van der Waals surface area (Å²) in [6, 6.07) is 8.70. The third kappa shape index (κ3) is 4.46. The molecular formula is C20H16Cl3FN2O2S2. The quantitative estimate of drug-likeness (QED) is 0.414. The van der Waals surface area contributed by atoms with E-state index < -0.39 is 20.9 Å². The van der Waals surface area contributed by atoms with Crippen molar-refractivity contribution >= 4 is 61.1 Å². The maximum Gasteiger partial charge on any atom is 0.185 e. The largest absolute Gasteiger partial charge is 0.348 e. The van der Waals surface area contributed by atoms with Crippen molar-refractivity contribution in [3.8, 4) is 11.3 Å². The molecule has 10 heteroatoms. The van der Waals surface area contributed by atoms with Gasteiger partial charge in [0, 0.05) is 29.1 Å². The van der Waals surface area contributed by atoms with Gasteiger partial charge < -0.3 is 4.90 Å². The zero-order chi connectivity index (χ0) is 21.5. The van der Waals surface area contributed by atoms with E-state index in [4.69, 9.17) is 34.8 Å². The van der Waals surface area contributed by atoms with E-state index in [1.807, 2.05) is 5.38 Å². The average Bonchev–Trinajstić information content (AvgIpc) is 3.20. The minimum Gasteiger partial charge on any atom is -0.348 e. The summed E-state index contributed by atoms with van der Waals surface area (Å²) in [7, 11) is -3.50. The molecule has 0 atom stereocenters. The molecule has 0 bridgehead atoms. The molecule has 1 aliphatic heterocycles. The minimum atomic E-state index is -3.50. The van der Waals surface area contributed by atoms with Gasteiger partial charge in [-0.1, -0.05) is 34.8 Å². The van der Waals surface area contributed by atoms with Crippen LogP contribution >= 0.6 is 46.1 Å². The summed E-state index contributed by atoms with van der Waals surface area (Å²) in [5, 5.41) is 2.99. The molecule has 2 heterocycles. The second-order valence-corrected chi connectivity index (χ2v) is 11.3. The predicted molar refractivity (Wildman–Crippen MR) is 121 cm³/mol. The fourth-order valence-corrected chi connectivity index (χ4v) is 6.68. The number of anilines is 1. The summed E-state index contributed by atoms with van der Waals surface area (Å²) in [5.74, 6) is -0.416. The van der Waals surface area contributed by atoms with E-state index in [2.05, 4.69) is 9.88 Å². The fourth-order valence-electron chi connectivity index (χ4n) is 3.45. The Morgan fingerprint density at radius 1 is 1.03 bits per heavy atom. The Hall–Kier alpha value is -1.38. The van der Waals surface area contributed by atoms with E-state index in [1.54, 1.807) is 6.07 Å². The number of rotatable bonds is 4. The number of hydrogen-bond donors (Lipinski definition) is 0. The lowest BCUT2D eigenvalue weighted by atomic mass is 10.1. The predicted octanol–water partition coefficient (Wildman–Crippen LogP) is 6.35. The second kappa shape index (κ2) is 8.63. The zero-order valence-corrected chi connectivity index (χ0v) is 19.4. The van der Waals surface area contributed by atoms with Crippen LogP contribution < -0.4 is 4.90 Å². The Morgan fingerprint density at radius 2 is 1.77 bits per heavy atom. The van der Waals surface area contributed by atoms with Crippen molar-refractivity contribution < 1.29 is 12.8 Å². The maximum absolute atomic E-state index is 13.6. The molecule has 0 saturated carbocycles. The van der Waals surface area contributed by atoms with Crippen molar-refractivity contribution in [3.63, 3.8) is 0 Å². The van der Waals surface area contributed by atoms with Crippen LogP contribution in [-0.4, -0.2) is 31.7 Å². The summed E-state index contributed by atoms with van der Waals surface area (Å²) in [6.45, 7) is 1.12. The van der Waals surface area contributed by atoms with Crippen LogP contribution in [0.25, 0.3) is 11.3 Å². The molecule has 158 valence electrons. The molecule has 4 nitrogen and oxygen atoms in total. The molecule has 0 radical (unpaired) electrons. The Balaban J connectivity index is 1.47. The summed E-state index contributed by atoms with van der Waals surface area (Å²) < 4.78 is 39.6. The summed E-state index contributed by atoms with van der Waals surface area (Å²) in [5.41, 5.74) is 1.25. The number of piperidine rings is 1. The van der Waals surface area contributed by atoms with Crippen LogP contribution in [0.15, 0.2) is 46.7 Å². The topological polar surface area (TPSA) is 50.3 Å². The van der Waals surface area contributed by atoms with E-state index >= 15 is 0 Å². The molecule has 0 unspecified atom stereocenters. The number of nitrogens with zero attached hydrogens (tertiary/aromatic N) is 2. The number of halogens is 4. The van der Waals surface area contributed by atoms with Gasteiger partial charge in [0.2, 0.25) is 0 Å². The number of benzene rings is 2. The standard InChI is InChI=1S/C20H16Cl3FN2O2S2/c21-13-7-12(8-14(24)9-13)19-11-29-20(25-19)26-5-3-15(4-6-26)30(27,28)16-1-2-17(22)18(23)10-16/h1-2,7-11,15H,3-6H2. The molecular weight excluding hydrogens is 490 g/mol. The van der Waals surface area contributed by atoms with Crippen LogP contribution in [0, 0.1) is 5.82 Å². The SMILES string of the molecule is O=S(=O)(c1ccc(Cl)c(Cl)c1)C1CCN(c2nc(-c3cc(F)cc(Cl)c3)cs2)CC1. The summed E-state index contributed by atoms with van der Waals surface area (Å²) >= 11 is 19.3. The van der Waals surface area contributed by atoms with Crippen molar-refractivity contribution in [1.82, 2.24) is 4.98 Å². The summed E-state index contributed by atoms with van der Waals surface area (Å²) in [4.78, 5) is 6.83. The minimum absolute atomic E-state index is 0.190. The van der Waals surface area contributed by atoms with Gasteiger partial charge in [-0.05, 0) is 49.2 Å². The zero-order valence-electron chi connectivity index (χ0n) is 15.5. The van der Waals surface area contributed by atoms with Gasteiger partial charge in [-0.15, -0.1) is 11.3 Å². The molecule has 1 aromatic heterocycles. The number of hydrogen-bond acceptors (Lipinski definition) is 5. The molecule has 4 rings (SSSR count). The van der Waals surface area contributed by atoms with Gasteiger partial charge in [-0.25, -0.2) is 17.8 Å². The van der Waals surface area contributed by atoms with Gasteiger partial charge in [-0.3, -0.25) is 0 Å². The van der Waals surface area contributed by atoms with Crippen molar-refractivity contribution in [3.05, 3.63) is 62.7 Å². The first-order valence-electron chi connectivity index (χ1n) is 9.10. The van der Waals surface area contributed by atoms with Crippen LogP contribution in [0.5, 0.6) is 0 Å². The first-order valence-corrected chi connectivity index (χ1v) is 12.7. The average molecular weight is 506 g/mol. The highest BCUT2D eigenvalue weighted by atomic mass is 35.5. The smallest absolute Gasteiger partial charge is 0.185 e. The first-order chi connectivity index (χ1) is 14.2. The Bertz CT molecular complexity index is 1170. The molecule has 0 N–H and O–H groups in total. The molecule has 1 fully saturated rings. The van der Waals surface area contributed by atoms with E-state index in [0.29, 0.717) is 47.2 Å². The Kier molecular flexibility index (Phi) is 6.28. The summed E-state index contributed by atoms with van der Waals surface area (Å²) in [6.07, 6.45) is 0.951. The van der Waals surface area contributed by atoms with E-state index in [0.717, 1.165) is 5.13 Å². The number of sulfone groups is 1. The highest BCUT2D eigenvalue weighted by Crippen LogP contribution is 2.34. The third-order valence-electron chi connectivity index (χ3n) is 5.02. The number of aromatic nitrogens is 1.